The third-order valence-electron chi connectivity index (χ3n) is 6.73. The summed E-state index contributed by atoms with van der Waals surface area (Å²) in [6.07, 6.45) is 2.74. The molecular formula is C18H24F2O5. The summed E-state index contributed by atoms with van der Waals surface area (Å²) in [6, 6.07) is 0. The van der Waals surface area contributed by atoms with Gasteiger partial charge in [0, 0.05) is 11.8 Å². The van der Waals surface area contributed by atoms with Gasteiger partial charge in [-0.3, -0.25) is 9.59 Å². The lowest BCUT2D eigenvalue weighted by Crippen LogP contribution is -2.61. The molecule has 4 bridgehead atoms. The van der Waals surface area contributed by atoms with E-state index in [4.69, 9.17) is 9.84 Å². The first-order valence-electron chi connectivity index (χ1n) is 8.81. The molecular weight excluding hydrogens is 334 g/mol. The Bertz CT molecular complexity index is 611. The molecule has 0 saturated heterocycles. The van der Waals surface area contributed by atoms with Crippen LogP contribution in [-0.4, -0.2) is 34.4 Å². The third kappa shape index (κ3) is 2.49. The molecule has 0 aromatic heterocycles. The Morgan fingerprint density at radius 3 is 2.16 bits per heavy atom. The zero-order valence-electron chi connectivity index (χ0n) is 14.7. The zero-order chi connectivity index (χ0) is 18.8. The van der Waals surface area contributed by atoms with Crippen molar-refractivity contribution in [2.24, 2.45) is 29.1 Å². The molecule has 5 nitrogen and oxygen atoms in total. The number of esters is 1. The van der Waals surface area contributed by atoms with Crippen LogP contribution in [0.2, 0.25) is 0 Å². The van der Waals surface area contributed by atoms with Gasteiger partial charge in [0.25, 0.3) is 0 Å². The van der Waals surface area contributed by atoms with Crippen LogP contribution in [0.4, 0.5) is 8.78 Å². The number of carboxylic acids is 1. The predicted octanol–water partition coefficient (Wildman–Crippen LogP) is 3.06. The molecule has 1 N–H and O–H groups in total. The van der Waals surface area contributed by atoms with Crippen LogP contribution in [0.5, 0.6) is 0 Å². The number of hydrogen-bond donors (Lipinski definition) is 1. The first-order chi connectivity index (χ1) is 11.4. The van der Waals surface area contributed by atoms with Crippen LogP contribution in [0.3, 0.4) is 0 Å². The smallest absolute Gasteiger partial charge is 0.381 e. The molecule has 3 unspecified atom stereocenters. The van der Waals surface area contributed by atoms with E-state index in [2.05, 4.69) is 0 Å². The average molecular weight is 358 g/mol. The van der Waals surface area contributed by atoms with E-state index in [1.807, 2.05) is 0 Å². The molecule has 4 aliphatic rings. The van der Waals surface area contributed by atoms with Crippen molar-refractivity contribution in [2.45, 2.75) is 64.4 Å². The molecule has 0 amide bonds. The van der Waals surface area contributed by atoms with Crippen LogP contribution in [-0.2, 0) is 19.1 Å². The maximum Gasteiger partial charge on any atom is 0.381 e. The molecule has 25 heavy (non-hydrogen) atoms. The Morgan fingerprint density at radius 1 is 1.20 bits per heavy atom. The molecule has 7 heteroatoms. The van der Waals surface area contributed by atoms with Crippen molar-refractivity contribution in [1.82, 2.24) is 0 Å². The second-order valence-corrected chi connectivity index (χ2v) is 8.56. The molecule has 0 aromatic carbocycles. The minimum Gasteiger partial charge on any atom is -0.477 e. The summed E-state index contributed by atoms with van der Waals surface area (Å²) in [4.78, 5) is 36.2. The van der Waals surface area contributed by atoms with Gasteiger partial charge >= 0.3 is 17.9 Å². The van der Waals surface area contributed by atoms with Gasteiger partial charge < -0.3 is 9.84 Å². The van der Waals surface area contributed by atoms with Crippen molar-refractivity contribution in [3.63, 3.8) is 0 Å². The van der Waals surface area contributed by atoms with E-state index in [0.29, 0.717) is 19.3 Å². The van der Waals surface area contributed by atoms with Crippen LogP contribution in [0, 0.1) is 29.1 Å². The summed E-state index contributed by atoms with van der Waals surface area (Å²) in [5.74, 6) is -8.12. The molecule has 0 spiro atoms. The van der Waals surface area contributed by atoms with Gasteiger partial charge in [-0.25, -0.2) is 4.79 Å². The molecule has 4 saturated carbocycles. The normalized spacial score (nSPS) is 36.4. The highest BCUT2D eigenvalue weighted by molar-refractivity contribution is 5.90. The van der Waals surface area contributed by atoms with E-state index < -0.39 is 34.8 Å². The molecule has 0 aromatic rings. The lowest BCUT2D eigenvalue weighted by molar-refractivity contribution is -0.238. The van der Waals surface area contributed by atoms with Crippen molar-refractivity contribution in [3.05, 3.63) is 0 Å². The van der Waals surface area contributed by atoms with E-state index in [1.54, 1.807) is 0 Å². The number of carboxylic acid groups (broad SMARTS) is 1. The monoisotopic (exact) mass is 358 g/mol. The Labute approximate surface area is 145 Å². The van der Waals surface area contributed by atoms with Gasteiger partial charge in [0.15, 0.2) is 5.60 Å². The van der Waals surface area contributed by atoms with E-state index >= 15 is 0 Å². The Kier molecular flexibility index (Phi) is 4.01. The SMILES string of the molecule is CC(C)C(C)(OC(=O)C12CC3CC(C1)C(=O)C(C3)C2)C(F)(F)C(=O)O. The van der Waals surface area contributed by atoms with Crippen LogP contribution >= 0.6 is 0 Å². The van der Waals surface area contributed by atoms with Crippen LogP contribution in [0.15, 0.2) is 0 Å². The summed E-state index contributed by atoms with van der Waals surface area (Å²) >= 11 is 0. The van der Waals surface area contributed by atoms with Crippen molar-refractivity contribution in [3.8, 4) is 0 Å². The number of hydrogen-bond acceptors (Lipinski definition) is 4. The number of alkyl halides is 2. The average Bonchev–Trinajstić information content (AvgIpc) is 2.50. The Hall–Kier alpha value is -1.53. The fourth-order valence-corrected chi connectivity index (χ4v) is 5.05. The maximum atomic E-state index is 14.3. The second kappa shape index (κ2) is 5.48. The number of aliphatic carboxylic acids is 1. The number of rotatable bonds is 5. The van der Waals surface area contributed by atoms with Gasteiger partial charge in [0.1, 0.15) is 5.78 Å². The van der Waals surface area contributed by atoms with Gasteiger partial charge in [0.2, 0.25) is 0 Å². The summed E-state index contributed by atoms with van der Waals surface area (Å²) in [5.41, 5.74) is -3.36. The molecule has 0 heterocycles. The highest BCUT2D eigenvalue weighted by atomic mass is 19.3. The topological polar surface area (TPSA) is 80.7 Å². The van der Waals surface area contributed by atoms with Crippen molar-refractivity contribution in [1.29, 1.82) is 0 Å². The fraction of sp³-hybridized carbons (Fsp3) is 0.833. The summed E-state index contributed by atoms with van der Waals surface area (Å²) in [6.45, 7) is 3.80. The van der Waals surface area contributed by atoms with Gasteiger partial charge in [0.05, 0.1) is 5.41 Å². The second-order valence-electron chi connectivity index (χ2n) is 8.56. The number of carbonyl (C=O) groups excluding carboxylic acids is 2. The molecule has 4 fully saturated rings. The minimum atomic E-state index is -4.20. The Morgan fingerprint density at radius 2 is 1.72 bits per heavy atom. The van der Waals surface area contributed by atoms with E-state index in [0.717, 1.165) is 19.8 Å². The van der Waals surface area contributed by atoms with Gasteiger partial charge in [-0.15, -0.1) is 0 Å². The van der Waals surface area contributed by atoms with Crippen molar-refractivity contribution >= 4 is 17.7 Å². The lowest BCUT2D eigenvalue weighted by atomic mass is 9.49. The van der Waals surface area contributed by atoms with Gasteiger partial charge in [-0.05, 0) is 50.9 Å². The van der Waals surface area contributed by atoms with Crippen LogP contribution in [0.25, 0.3) is 0 Å². The minimum absolute atomic E-state index is 0.182. The predicted molar refractivity (Wildman–Crippen MR) is 82.9 cm³/mol. The highest BCUT2D eigenvalue weighted by Gasteiger charge is 2.65. The van der Waals surface area contributed by atoms with E-state index in [1.165, 1.54) is 13.8 Å². The summed E-state index contributed by atoms with van der Waals surface area (Å²) in [5, 5.41) is 8.92. The molecule has 0 aliphatic heterocycles. The lowest BCUT2D eigenvalue weighted by Gasteiger charge is -2.54. The maximum absolute atomic E-state index is 14.3. The molecule has 140 valence electrons. The number of ether oxygens (including phenoxy) is 1. The fourth-order valence-electron chi connectivity index (χ4n) is 5.05. The quantitative estimate of drug-likeness (QED) is 0.764. The van der Waals surface area contributed by atoms with Crippen molar-refractivity contribution in [2.75, 3.05) is 0 Å². The number of ketones is 1. The summed E-state index contributed by atoms with van der Waals surface area (Å²) < 4.78 is 33.9. The number of Topliss-reactive ketones (excluding diaryl/α,β-unsaturated/α-hetero) is 1. The Balaban J connectivity index is 1.88. The summed E-state index contributed by atoms with van der Waals surface area (Å²) in [7, 11) is 0. The highest BCUT2D eigenvalue weighted by Crippen LogP contribution is 2.59. The first kappa shape index (κ1) is 18.3. The van der Waals surface area contributed by atoms with E-state index in [-0.39, 0.29) is 23.5 Å². The third-order valence-corrected chi connectivity index (χ3v) is 6.73. The standard InChI is InChI=1S/C18H24F2O5/c1-9(2)16(3,18(19,20)14(22)23)25-15(24)17-6-10-4-11(7-17)13(21)12(5-10)8-17/h9-12H,4-8H2,1-3H3,(H,22,23). The molecule has 0 radical (unpaired) electrons. The van der Waals surface area contributed by atoms with Gasteiger partial charge in [-0.1, -0.05) is 13.8 Å². The number of halogens is 2. The van der Waals surface area contributed by atoms with Crippen LogP contribution < -0.4 is 0 Å². The van der Waals surface area contributed by atoms with Crippen LogP contribution in [0.1, 0.15) is 52.9 Å². The molecule has 3 atom stereocenters. The van der Waals surface area contributed by atoms with E-state index in [9.17, 15) is 23.2 Å². The molecule has 4 rings (SSSR count). The molecule has 4 aliphatic carbocycles. The van der Waals surface area contributed by atoms with Gasteiger partial charge in [-0.2, -0.15) is 8.78 Å². The first-order valence-corrected chi connectivity index (χ1v) is 8.81. The zero-order valence-corrected chi connectivity index (χ0v) is 14.7. The number of carbonyl (C=O) groups is 3. The largest absolute Gasteiger partial charge is 0.477 e. The van der Waals surface area contributed by atoms with Crippen molar-refractivity contribution < 1.29 is 33.0 Å².